The minimum Gasteiger partial charge on any atom is -0.490 e. The molecule has 0 radical (unpaired) electrons. The van der Waals surface area contributed by atoms with Gasteiger partial charge in [0, 0.05) is 19.1 Å². The van der Waals surface area contributed by atoms with Crippen molar-refractivity contribution in [1.29, 1.82) is 0 Å². The van der Waals surface area contributed by atoms with Gasteiger partial charge in [0.2, 0.25) is 17.7 Å². The molecule has 0 spiro atoms. The fourth-order valence-electron chi connectivity index (χ4n) is 2.90. The summed E-state index contributed by atoms with van der Waals surface area (Å²) in [6.45, 7) is 3.81. The lowest BCUT2D eigenvalue weighted by Crippen LogP contribution is -2.35. The standard InChI is InChI=1S/C21H21F2N3O4/c1-11(25-12(2)27)9-29-20-7-19-17(8-24-20)26-21(30-19)14-5-16(23)18(6-15(14)22)28-10-13-3-4-13/h5-8,11,13H,3-4,9-10H2,1-2H3,(H,25,27)/t11-/m0/s1. The van der Waals surface area contributed by atoms with Gasteiger partial charge in [-0.15, -0.1) is 0 Å². The van der Waals surface area contributed by atoms with Crippen LogP contribution in [0.5, 0.6) is 11.6 Å². The van der Waals surface area contributed by atoms with Gasteiger partial charge in [0.15, 0.2) is 17.1 Å². The average Bonchev–Trinajstić information content (AvgIpc) is 3.43. The number of nitrogens with zero attached hydrogens (tertiary/aromatic N) is 2. The van der Waals surface area contributed by atoms with Crippen molar-refractivity contribution in [2.45, 2.75) is 32.7 Å². The van der Waals surface area contributed by atoms with Crippen LogP contribution in [0, 0.1) is 17.6 Å². The Labute approximate surface area is 171 Å². The number of aromatic nitrogens is 2. The maximum Gasteiger partial charge on any atom is 0.230 e. The van der Waals surface area contributed by atoms with Crippen LogP contribution in [0.3, 0.4) is 0 Å². The van der Waals surface area contributed by atoms with E-state index in [9.17, 15) is 13.6 Å². The summed E-state index contributed by atoms with van der Waals surface area (Å²) in [7, 11) is 0. The number of fused-ring (bicyclic) bond motifs is 1. The van der Waals surface area contributed by atoms with Gasteiger partial charge in [-0.05, 0) is 31.7 Å². The number of carbonyl (C=O) groups is 1. The number of rotatable bonds is 8. The summed E-state index contributed by atoms with van der Waals surface area (Å²) in [6, 6.07) is 3.33. The number of oxazole rings is 1. The number of ether oxygens (including phenoxy) is 2. The molecule has 158 valence electrons. The number of carbonyl (C=O) groups excluding carboxylic acids is 1. The van der Waals surface area contributed by atoms with Crippen LogP contribution in [-0.2, 0) is 4.79 Å². The maximum absolute atomic E-state index is 14.6. The molecule has 1 amide bonds. The molecule has 1 aliphatic carbocycles. The average molecular weight is 417 g/mol. The molecule has 1 fully saturated rings. The number of hydrogen-bond acceptors (Lipinski definition) is 6. The molecule has 1 atom stereocenters. The van der Waals surface area contributed by atoms with Crippen molar-refractivity contribution in [2.75, 3.05) is 13.2 Å². The van der Waals surface area contributed by atoms with E-state index in [4.69, 9.17) is 13.9 Å². The summed E-state index contributed by atoms with van der Waals surface area (Å²) >= 11 is 0. The zero-order valence-electron chi connectivity index (χ0n) is 16.6. The molecule has 2 heterocycles. The number of benzene rings is 1. The summed E-state index contributed by atoms with van der Waals surface area (Å²) in [4.78, 5) is 19.4. The van der Waals surface area contributed by atoms with Crippen LogP contribution >= 0.6 is 0 Å². The van der Waals surface area contributed by atoms with Gasteiger partial charge in [-0.25, -0.2) is 18.7 Å². The minimum absolute atomic E-state index is 0.0688. The molecular weight excluding hydrogens is 396 g/mol. The van der Waals surface area contributed by atoms with Crippen molar-refractivity contribution in [3.8, 4) is 23.1 Å². The molecular formula is C21H21F2N3O4. The third kappa shape index (κ3) is 4.67. The zero-order chi connectivity index (χ0) is 21.3. The molecule has 1 aliphatic rings. The highest BCUT2D eigenvalue weighted by Gasteiger charge is 2.24. The van der Waals surface area contributed by atoms with Crippen molar-refractivity contribution in [2.24, 2.45) is 5.92 Å². The lowest BCUT2D eigenvalue weighted by Gasteiger charge is -2.12. The van der Waals surface area contributed by atoms with Crippen LogP contribution < -0.4 is 14.8 Å². The first-order valence-electron chi connectivity index (χ1n) is 9.67. The summed E-state index contributed by atoms with van der Waals surface area (Å²) in [6.07, 6.45) is 3.52. The van der Waals surface area contributed by atoms with Crippen molar-refractivity contribution < 1.29 is 27.5 Å². The first-order chi connectivity index (χ1) is 14.4. The highest BCUT2D eigenvalue weighted by Crippen LogP contribution is 2.33. The van der Waals surface area contributed by atoms with Gasteiger partial charge in [-0.1, -0.05) is 0 Å². The Bertz CT molecular complexity index is 1080. The van der Waals surface area contributed by atoms with E-state index in [-0.39, 0.29) is 41.6 Å². The Morgan fingerprint density at radius 3 is 2.80 bits per heavy atom. The molecule has 0 unspecified atom stereocenters. The zero-order valence-corrected chi connectivity index (χ0v) is 16.6. The first kappa shape index (κ1) is 20.1. The molecule has 9 heteroatoms. The second kappa shape index (κ2) is 8.25. The third-order valence-electron chi connectivity index (χ3n) is 4.60. The molecule has 0 aliphatic heterocycles. The molecule has 7 nitrogen and oxygen atoms in total. The maximum atomic E-state index is 14.6. The van der Waals surface area contributed by atoms with Crippen LogP contribution in [0.2, 0.25) is 0 Å². The molecule has 1 saturated carbocycles. The normalized spacial score (nSPS) is 14.5. The van der Waals surface area contributed by atoms with Crippen LogP contribution in [0.1, 0.15) is 26.7 Å². The van der Waals surface area contributed by atoms with Gasteiger partial charge in [0.1, 0.15) is 17.9 Å². The van der Waals surface area contributed by atoms with Crippen LogP contribution in [0.4, 0.5) is 8.78 Å². The highest BCUT2D eigenvalue weighted by atomic mass is 19.1. The van der Waals surface area contributed by atoms with Crippen LogP contribution in [0.15, 0.2) is 28.8 Å². The Morgan fingerprint density at radius 2 is 2.07 bits per heavy atom. The summed E-state index contributed by atoms with van der Waals surface area (Å²) in [5, 5.41) is 2.70. The van der Waals surface area contributed by atoms with E-state index >= 15 is 0 Å². The largest absolute Gasteiger partial charge is 0.490 e. The highest BCUT2D eigenvalue weighted by molar-refractivity contribution is 5.76. The van der Waals surface area contributed by atoms with Crippen LogP contribution in [0.25, 0.3) is 22.6 Å². The fraction of sp³-hybridized carbons (Fsp3) is 0.381. The molecule has 1 N–H and O–H groups in total. The number of halogens is 2. The fourth-order valence-corrected chi connectivity index (χ4v) is 2.90. The minimum atomic E-state index is -0.692. The van der Waals surface area contributed by atoms with E-state index < -0.39 is 11.6 Å². The monoisotopic (exact) mass is 417 g/mol. The third-order valence-corrected chi connectivity index (χ3v) is 4.60. The Hall–Kier alpha value is -3.23. The quantitative estimate of drug-likeness (QED) is 0.599. The van der Waals surface area contributed by atoms with E-state index in [1.54, 1.807) is 6.92 Å². The molecule has 30 heavy (non-hydrogen) atoms. The van der Waals surface area contributed by atoms with Gasteiger partial charge in [0.05, 0.1) is 24.4 Å². The van der Waals surface area contributed by atoms with Gasteiger partial charge in [-0.2, -0.15) is 0 Å². The number of pyridine rings is 1. The van der Waals surface area contributed by atoms with E-state index in [1.807, 2.05) is 0 Å². The SMILES string of the molecule is CC(=O)N[C@@H](C)COc1cc2oc(-c3cc(F)c(OCC4CC4)cc3F)nc2cn1. The van der Waals surface area contributed by atoms with E-state index in [0.717, 1.165) is 25.0 Å². The van der Waals surface area contributed by atoms with Crippen molar-refractivity contribution >= 4 is 17.0 Å². The molecule has 1 aromatic carbocycles. The number of hydrogen-bond donors (Lipinski definition) is 1. The number of nitrogens with one attached hydrogen (secondary N) is 1. The molecule has 0 saturated heterocycles. The summed E-state index contributed by atoms with van der Waals surface area (Å²) in [5.41, 5.74) is 0.585. The van der Waals surface area contributed by atoms with E-state index in [0.29, 0.717) is 23.6 Å². The van der Waals surface area contributed by atoms with Gasteiger partial charge < -0.3 is 19.2 Å². The molecule has 2 aromatic heterocycles. The van der Waals surface area contributed by atoms with Crippen molar-refractivity contribution in [1.82, 2.24) is 15.3 Å². The second-order valence-electron chi connectivity index (χ2n) is 7.44. The topological polar surface area (TPSA) is 86.5 Å². The van der Waals surface area contributed by atoms with Gasteiger partial charge in [0.25, 0.3) is 0 Å². The lowest BCUT2D eigenvalue weighted by molar-refractivity contribution is -0.119. The van der Waals surface area contributed by atoms with Gasteiger partial charge >= 0.3 is 0 Å². The summed E-state index contributed by atoms with van der Waals surface area (Å²) < 4.78 is 45.4. The number of amides is 1. The second-order valence-corrected chi connectivity index (χ2v) is 7.44. The smallest absolute Gasteiger partial charge is 0.230 e. The predicted octanol–water partition coefficient (Wildman–Crippen LogP) is 3.86. The van der Waals surface area contributed by atoms with E-state index in [1.165, 1.54) is 19.2 Å². The van der Waals surface area contributed by atoms with E-state index in [2.05, 4.69) is 15.3 Å². The van der Waals surface area contributed by atoms with Gasteiger partial charge in [-0.3, -0.25) is 4.79 Å². The van der Waals surface area contributed by atoms with Crippen LogP contribution in [-0.4, -0.2) is 35.1 Å². The Balaban J connectivity index is 1.51. The molecule has 0 bridgehead atoms. The van der Waals surface area contributed by atoms with Crippen molar-refractivity contribution in [3.63, 3.8) is 0 Å². The lowest BCUT2D eigenvalue weighted by atomic mass is 10.2. The first-order valence-corrected chi connectivity index (χ1v) is 9.67. The predicted molar refractivity (Wildman–Crippen MR) is 104 cm³/mol. The Morgan fingerprint density at radius 1 is 1.27 bits per heavy atom. The summed E-state index contributed by atoms with van der Waals surface area (Å²) in [5.74, 6) is -1.03. The Kier molecular flexibility index (Phi) is 5.52. The molecule has 4 rings (SSSR count). The molecule has 3 aromatic rings. The van der Waals surface area contributed by atoms with Crippen molar-refractivity contribution in [3.05, 3.63) is 36.0 Å².